The lowest BCUT2D eigenvalue weighted by molar-refractivity contribution is 0.462. The normalized spacial score (nSPS) is 27.5. The standard InChI is InChI=1S/C12H16IN/c13-11-5-1-9(2-6-11)10-3-7-12(14)8-4-10/h3-4,7-9,11H,1-2,5-6,14H2. The van der Waals surface area contributed by atoms with Crippen molar-refractivity contribution in [3.05, 3.63) is 29.8 Å². The maximum atomic E-state index is 5.68. The molecule has 0 bridgehead atoms. The topological polar surface area (TPSA) is 26.0 Å². The van der Waals surface area contributed by atoms with Gasteiger partial charge < -0.3 is 5.73 Å². The number of halogens is 1. The number of hydrogen-bond donors (Lipinski definition) is 1. The molecule has 0 aromatic heterocycles. The van der Waals surface area contributed by atoms with Crippen LogP contribution in [0, 0.1) is 0 Å². The van der Waals surface area contributed by atoms with Crippen molar-refractivity contribution >= 4 is 28.3 Å². The third-order valence-corrected chi connectivity index (χ3v) is 4.31. The summed E-state index contributed by atoms with van der Waals surface area (Å²) in [7, 11) is 0. The van der Waals surface area contributed by atoms with E-state index in [1.165, 1.54) is 31.2 Å². The predicted molar refractivity (Wildman–Crippen MR) is 69.9 cm³/mol. The smallest absolute Gasteiger partial charge is 0.0314 e. The minimum atomic E-state index is 0.779. The van der Waals surface area contributed by atoms with Gasteiger partial charge in [-0.15, -0.1) is 0 Å². The number of anilines is 1. The lowest BCUT2D eigenvalue weighted by Gasteiger charge is -2.25. The molecule has 1 nitrogen and oxygen atoms in total. The fourth-order valence-corrected chi connectivity index (χ4v) is 2.87. The Kier molecular flexibility index (Phi) is 3.31. The van der Waals surface area contributed by atoms with Gasteiger partial charge in [0.2, 0.25) is 0 Å². The quantitative estimate of drug-likeness (QED) is 0.477. The number of alkyl halides is 1. The molecule has 1 aliphatic rings. The Labute approximate surface area is 99.2 Å². The molecule has 14 heavy (non-hydrogen) atoms. The highest BCUT2D eigenvalue weighted by Crippen LogP contribution is 2.35. The van der Waals surface area contributed by atoms with Gasteiger partial charge in [-0.25, -0.2) is 0 Å². The first kappa shape index (κ1) is 10.3. The van der Waals surface area contributed by atoms with E-state index in [0.717, 1.165) is 15.5 Å². The first-order valence-electron chi connectivity index (χ1n) is 5.25. The van der Waals surface area contributed by atoms with Crippen molar-refractivity contribution in [2.45, 2.75) is 35.5 Å². The van der Waals surface area contributed by atoms with Crippen LogP contribution in [0.15, 0.2) is 24.3 Å². The second-order valence-corrected chi connectivity index (χ2v) is 5.88. The molecule has 0 saturated heterocycles. The summed E-state index contributed by atoms with van der Waals surface area (Å²) in [4.78, 5) is 0. The van der Waals surface area contributed by atoms with E-state index >= 15 is 0 Å². The highest BCUT2D eigenvalue weighted by atomic mass is 127. The predicted octanol–water partition coefficient (Wildman–Crippen LogP) is 3.73. The monoisotopic (exact) mass is 301 g/mol. The third kappa shape index (κ3) is 2.41. The van der Waals surface area contributed by atoms with Crippen LogP contribution in [0.4, 0.5) is 5.69 Å². The van der Waals surface area contributed by atoms with Crippen molar-refractivity contribution < 1.29 is 0 Å². The molecule has 2 N–H and O–H groups in total. The van der Waals surface area contributed by atoms with E-state index in [4.69, 9.17) is 5.73 Å². The van der Waals surface area contributed by atoms with Crippen LogP contribution in [0.25, 0.3) is 0 Å². The van der Waals surface area contributed by atoms with E-state index in [1.54, 1.807) is 0 Å². The Morgan fingerprint density at radius 1 is 1.00 bits per heavy atom. The van der Waals surface area contributed by atoms with E-state index in [1.807, 2.05) is 12.1 Å². The molecule has 2 heteroatoms. The van der Waals surface area contributed by atoms with Gasteiger partial charge in [-0.1, -0.05) is 34.7 Å². The second-order valence-electron chi connectivity index (χ2n) is 4.12. The molecule has 0 unspecified atom stereocenters. The largest absolute Gasteiger partial charge is 0.399 e. The number of hydrogen-bond acceptors (Lipinski definition) is 1. The zero-order valence-electron chi connectivity index (χ0n) is 8.25. The van der Waals surface area contributed by atoms with Gasteiger partial charge in [0.15, 0.2) is 0 Å². The van der Waals surface area contributed by atoms with Crippen LogP contribution in [0.3, 0.4) is 0 Å². The van der Waals surface area contributed by atoms with Crippen molar-refractivity contribution in [2.24, 2.45) is 0 Å². The summed E-state index contributed by atoms with van der Waals surface area (Å²) in [6.07, 6.45) is 5.43. The molecule has 0 radical (unpaired) electrons. The first-order chi connectivity index (χ1) is 6.75. The number of nitrogen functional groups attached to an aromatic ring is 1. The van der Waals surface area contributed by atoms with Crippen LogP contribution in [0.5, 0.6) is 0 Å². The molecule has 2 rings (SSSR count). The maximum Gasteiger partial charge on any atom is 0.0314 e. The van der Waals surface area contributed by atoms with E-state index in [2.05, 4.69) is 34.7 Å². The number of benzene rings is 1. The Hall–Kier alpha value is -0.250. The molecule has 1 saturated carbocycles. The molecular weight excluding hydrogens is 285 g/mol. The van der Waals surface area contributed by atoms with Crippen LogP contribution in [-0.2, 0) is 0 Å². The molecule has 0 amide bonds. The summed E-state index contributed by atoms with van der Waals surface area (Å²) in [5, 5.41) is 0. The van der Waals surface area contributed by atoms with Gasteiger partial charge in [-0.3, -0.25) is 0 Å². The Morgan fingerprint density at radius 3 is 2.14 bits per heavy atom. The molecule has 1 fully saturated rings. The summed E-state index contributed by atoms with van der Waals surface area (Å²) < 4.78 is 0.901. The fourth-order valence-electron chi connectivity index (χ4n) is 2.15. The highest BCUT2D eigenvalue weighted by Gasteiger charge is 2.20. The van der Waals surface area contributed by atoms with Crippen molar-refractivity contribution in [1.82, 2.24) is 0 Å². The molecule has 1 aromatic rings. The summed E-state index contributed by atoms with van der Waals surface area (Å²) in [6, 6.07) is 8.41. The SMILES string of the molecule is Nc1ccc(C2CCC(I)CC2)cc1. The van der Waals surface area contributed by atoms with Crippen LogP contribution < -0.4 is 5.73 Å². The minimum Gasteiger partial charge on any atom is -0.399 e. The van der Waals surface area contributed by atoms with Gasteiger partial charge in [-0.2, -0.15) is 0 Å². The minimum absolute atomic E-state index is 0.779. The van der Waals surface area contributed by atoms with E-state index < -0.39 is 0 Å². The van der Waals surface area contributed by atoms with Gasteiger partial charge >= 0.3 is 0 Å². The van der Waals surface area contributed by atoms with Crippen LogP contribution in [-0.4, -0.2) is 3.92 Å². The van der Waals surface area contributed by atoms with Crippen LogP contribution >= 0.6 is 22.6 Å². The molecule has 76 valence electrons. The summed E-state index contributed by atoms with van der Waals surface area (Å²) in [5.74, 6) is 0.779. The van der Waals surface area contributed by atoms with Crippen molar-refractivity contribution in [2.75, 3.05) is 5.73 Å². The van der Waals surface area contributed by atoms with Gasteiger partial charge in [0.25, 0.3) is 0 Å². The number of nitrogens with two attached hydrogens (primary N) is 1. The molecular formula is C12H16IN. The summed E-state index contributed by atoms with van der Waals surface area (Å²) >= 11 is 2.57. The summed E-state index contributed by atoms with van der Waals surface area (Å²) in [6.45, 7) is 0. The zero-order chi connectivity index (χ0) is 9.97. The Balaban J connectivity index is 2.05. The van der Waals surface area contributed by atoms with Crippen molar-refractivity contribution in [3.8, 4) is 0 Å². The van der Waals surface area contributed by atoms with Gasteiger partial charge in [0.1, 0.15) is 0 Å². The van der Waals surface area contributed by atoms with Crippen molar-refractivity contribution in [1.29, 1.82) is 0 Å². The first-order valence-corrected chi connectivity index (χ1v) is 6.50. The second kappa shape index (κ2) is 4.51. The Morgan fingerprint density at radius 2 is 1.57 bits per heavy atom. The zero-order valence-corrected chi connectivity index (χ0v) is 10.4. The maximum absolute atomic E-state index is 5.68. The molecule has 0 atom stereocenters. The summed E-state index contributed by atoms with van der Waals surface area (Å²) in [5.41, 5.74) is 8.02. The third-order valence-electron chi connectivity index (χ3n) is 3.06. The molecule has 1 aromatic carbocycles. The van der Waals surface area contributed by atoms with E-state index in [0.29, 0.717) is 0 Å². The molecule has 0 spiro atoms. The lowest BCUT2D eigenvalue weighted by atomic mass is 9.84. The van der Waals surface area contributed by atoms with Crippen molar-refractivity contribution in [3.63, 3.8) is 0 Å². The molecule has 1 aliphatic carbocycles. The average Bonchev–Trinajstić information content (AvgIpc) is 2.21. The molecule has 0 heterocycles. The highest BCUT2D eigenvalue weighted by molar-refractivity contribution is 14.1. The number of rotatable bonds is 1. The van der Waals surface area contributed by atoms with Crippen LogP contribution in [0.1, 0.15) is 37.2 Å². The molecule has 0 aliphatic heterocycles. The van der Waals surface area contributed by atoms with E-state index in [-0.39, 0.29) is 0 Å². The van der Waals surface area contributed by atoms with Gasteiger partial charge in [0, 0.05) is 9.61 Å². The lowest BCUT2D eigenvalue weighted by Crippen LogP contribution is -2.12. The van der Waals surface area contributed by atoms with Gasteiger partial charge in [0.05, 0.1) is 0 Å². The van der Waals surface area contributed by atoms with E-state index in [9.17, 15) is 0 Å². The van der Waals surface area contributed by atoms with Gasteiger partial charge in [-0.05, 0) is 49.3 Å². The fraction of sp³-hybridized carbons (Fsp3) is 0.500. The average molecular weight is 301 g/mol. The Bertz CT molecular complexity index is 286. The van der Waals surface area contributed by atoms with Crippen LogP contribution in [0.2, 0.25) is 0 Å².